The van der Waals surface area contributed by atoms with Crippen LogP contribution in [0.4, 0.5) is 11.6 Å². The van der Waals surface area contributed by atoms with Crippen LogP contribution < -0.4 is 10.2 Å². The van der Waals surface area contributed by atoms with Crippen LogP contribution in [0.1, 0.15) is 29.4 Å². The van der Waals surface area contributed by atoms with Crippen LogP contribution in [0.15, 0.2) is 24.3 Å². The van der Waals surface area contributed by atoms with Crippen molar-refractivity contribution < 1.29 is 0 Å². The zero-order valence-electron chi connectivity index (χ0n) is 13.6. The molecule has 1 aromatic carbocycles. The molecule has 112 valence electrons. The molecule has 0 aliphatic carbocycles. The third-order valence-electron chi connectivity index (χ3n) is 3.58. The Bertz CT molecular complexity index is 622. The Morgan fingerprint density at radius 3 is 2.57 bits per heavy atom. The summed E-state index contributed by atoms with van der Waals surface area (Å²) < 4.78 is 0. The highest BCUT2D eigenvalue weighted by Gasteiger charge is 2.13. The first-order chi connectivity index (χ1) is 10.0. The Labute approximate surface area is 127 Å². The van der Waals surface area contributed by atoms with E-state index in [9.17, 15) is 0 Å². The second-order valence-electron chi connectivity index (χ2n) is 5.39. The molecule has 0 fully saturated rings. The summed E-state index contributed by atoms with van der Waals surface area (Å²) >= 11 is 0. The van der Waals surface area contributed by atoms with E-state index in [4.69, 9.17) is 4.98 Å². The summed E-state index contributed by atoms with van der Waals surface area (Å²) in [5.41, 5.74) is 3.66. The summed E-state index contributed by atoms with van der Waals surface area (Å²) in [5, 5.41) is 3.16. The second kappa shape index (κ2) is 6.57. The van der Waals surface area contributed by atoms with E-state index in [1.807, 2.05) is 7.05 Å². The third kappa shape index (κ3) is 3.51. The molecule has 2 aromatic rings. The molecule has 4 heteroatoms. The molecular formula is C17H24N4. The number of benzene rings is 1. The van der Waals surface area contributed by atoms with E-state index in [0.717, 1.165) is 36.0 Å². The minimum Gasteiger partial charge on any atom is -0.373 e. The maximum Gasteiger partial charge on any atom is 0.137 e. The Hall–Kier alpha value is -2.10. The lowest BCUT2D eigenvalue weighted by Crippen LogP contribution is -2.20. The number of hydrogen-bond donors (Lipinski definition) is 1. The van der Waals surface area contributed by atoms with Crippen molar-refractivity contribution in [3.05, 3.63) is 46.8 Å². The van der Waals surface area contributed by atoms with E-state index in [1.54, 1.807) is 0 Å². The first-order valence-corrected chi connectivity index (χ1v) is 7.37. The Morgan fingerprint density at radius 1 is 1.19 bits per heavy atom. The quantitative estimate of drug-likeness (QED) is 0.914. The first-order valence-electron chi connectivity index (χ1n) is 7.37. The van der Waals surface area contributed by atoms with Gasteiger partial charge in [0.05, 0.1) is 0 Å². The number of nitrogens with zero attached hydrogens (tertiary/aromatic N) is 3. The Balaban J connectivity index is 2.32. The first kappa shape index (κ1) is 15.3. The molecule has 0 aliphatic rings. The monoisotopic (exact) mass is 284 g/mol. The molecule has 0 radical (unpaired) electrons. The largest absolute Gasteiger partial charge is 0.373 e. The zero-order valence-corrected chi connectivity index (χ0v) is 13.6. The molecule has 0 saturated heterocycles. The molecule has 1 heterocycles. The molecule has 0 unspecified atom stereocenters. The molecule has 1 aromatic heterocycles. The van der Waals surface area contributed by atoms with E-state index < -0.39 is 0 Å². The van der Waals surface area contributed by atoms with Gasteiger partial charge in [-0.1, -0.05) is 36.8 Å². The lowest BCUT2D eigenvalue weighted by atomic mass is 10.1. The van der Waals surface area contributed by atoms with E-state index in [-0.39, 0.29) is 0 Å². The van der Waals surface area contributed by atoms with Crippen molar-refractivity contribution in [2.24, 2.45) is 0 Å². The van der Waals surface area contributed by atoms with E-state index in [1.165, 1.54) is 11.1 Å². The van der Waals surface area contributed by atoms with Gasteiger partial charge in [0.1, 0.15) is 17.5 Å². The van der Waals surface area contributed by atoms with E-state index in [0.29, 0.717) is 0 Å². The van der Waals surface area contributed by atoms with Gasteiger partial charge < -0.3 is 10.2 Å². The minimum absolute atomic E-state index is 0.834. The van der Waals surface area contributed by atoms with Gasteiger partial charge in [-0.25, -0.2) is 9.97 Å². The lowest BCUT2D eigenvalue weighted by Gasteiger charge is -2.22. The van der Waals surface area contributed by atoms with Gasteiger partial charge in [-0.3, -0.25) is 0 Å². The molecule has 0 saturated carbocycles. The van der Waals surface area contributed by atoms with Crippen LogP contribution in [0.25, 0.3) is 0 Å². The lowest BCUT2D eigenvalue weighted by molar-refractivity contribution is 0.850. The number of rotatable bonds is 5. The highest BCUT2D eigenvalue weighted by atomic mass is 15.2. The van der Waals surface area contributed by atoms with Crippen molar-refractivity contribution in [1.82, 2.24) is 9.97 Å². The second-order valence-corrected chi connectivity index (χ2v) is 5.39. The topological polar surface area (TPSA) is 41.1 Å². The molecule has 0 amide bonds. The van der Waals surface area contributed by atoms with Crippen molar-refractivity contribution in [3.63, 3.8) is 0 Å². The summed E-state index contributed by atoms with van der Waals surface area (Å²) in [6.45, 7) is 7.10. The van der Waals surface area contributed by atoms with Crippen molar-refractivity contribution >= 4 is 11.6 Å². The highest BCUT2D eigenvalue weighted by molar-refractivity contribution is 5.58. The van der Waals surface area contributed by atoms with Crippen LogP contribution in [-0.2, 0) is 13.0 Å². The van der Waals surface area contributed by atoms with E-state index in [2.05, 4.69) is 67.3 Å². The average Bonchev–Trinajstić information content (AvgIpc) is 2.47. The third-order valence-corrected chi connectivity index (χ3v) is 3.58. The summed E-state index contributed by atoms with van der Waals surface area (Å²) in [7, 11) is 3.98. The Morgan fingerprint density at radius 2 is 1.95 bits per heavy atom. The van der Waals surface area contributed by atoms with E-state index >= 15 is 0 Å². The van der Waals surface area contributed by atoms with Crippen molar-refractivity contribution in [2.45, 2.75) is 33.7 Å². The fraction of sp³-hybridized carbons (Fsp3) is 0.412. The molecule has 1 N–H and O–H groups in total. The minimum atomic E-state index is 0.834. The molecular weight excluding hydrogens is 260 g/mol. The number of aromatic nitrogens is 2. The van der Waals surface area contributed by atoms with Crippen molar-refractivity contribution in [3.8, 4) is 0 Å². The van der Waals surface area contributed by atoms with Crippen LogP contribution in [0.3, 0.4) is 0 Å². The summed E-state index contributed by atoms with van der Waals surface area (Å²) in [6, 6.07) is 8.59. The van der Waals surface area contributed by atoms with Gasteiger partial charge in [0.2, 0.25) is 0 Å². The molecule has 0 atom stereocenters. The van der Waals surface area contributed by atoms with Crippen molar-refractivity contribution in [1.29, 1.82) is 0 Å². The molecule has 0 aliphatic heterocycles. The predicted molar refractivity (Wildman–Crippen MR) is 89.0 cm³/mol. The maximum absolute atomic E-state index is 4.69. The van der Waals surface area contributed by atoms with Gasteiger partial charge in [0.25, 0.3) is 0 Å². The normalized spacial score (nSPS) is 10.5. The van der Waals surface area contributed by atoms with Crippen LogP contribution in [0.2, 0.25) is 0 Å². The number of nitrogens with one attached hydrogen (secondary N) is 1. The summed E-state index contributed by atoms with van der Waals surface area (Å²) in [4.78, 5) is 11.4. The fourth-order valence-electron chi connectivity index (χ4n) is 2.48. The summed E-state index contributed by atoms with van der Waals surface area (Å²) in [5.74, 6) is 2.77. The van der Waals surface area contributed by atoms with Gasteiger partial charge >= 0.3 is 0 Å². The van der Waals surface area contributed by atoms with Gasteiger partial charge in [-0.2, -0.15) is 0 Å². The highest BCUT2D eigenvalue weighted by Crippen LogP contribution is 2.24. The van der Waals surface area contributed by atoms with Crippen LogP contribution in [0.5, 0.6) is 0 Å². The molecule has 0 bridgehead atoms. The van der Waals surface area contributed by atoms with Gasteiger partial charge in [0.15, 0.2) is 0 Å². The molecule has 21 heavy (non-hydrogen) atoms. The van der Waals surface area contributed by atoms with Gasteiger partial charge in [-0.05, 0) is 19.4 Å². The Kier molecular flexibility index (Phi) is 4.78. The smallest absolute Gasteiger partial charge is 0.137 e. The molecule has 0 spiro atoms. The summed E-state index contributed by atoms with van der Waals surface area (Å²) in [6.07, 6.45) is 0.834. The zero-order chi connectivity index (χ0) is 15.4. The molecule has 2 rings (SSSR count). The van der Waals surface area contributed by atoms with Crippen LogP contribution in [-0.4, -0.2) is 24.1 Å². The van der Waals surface area contributed by atoms with Gasteiger partial charge in [0, 0.05) is 32.6 Å². The number of hydrogen-bond acceptors (Lipinski definition) is 4. The molecule has 4 nitrogen and oxygen atoms in total. The van der Waals surface area contributed by atoms with Crippen LogP contribution >= 0.6 is 0 Å². The standard InChI is InChI=1S/C17H24N4/c1-6-15-19-16(18-4)13(3)17(20-15)21(5)11-14-9-7-8-12(2)10-14/h7-10H,6,11H2,1-5H3,(H,18,19,20). The average molecular weight is 284 g/mol. The fourth-order valence-corrected chi connectivity index (χ4v) is 2.48. The SMILES string of the molecule is CCc1nc(NC)c(C)c(N(C)Cc2cccc(C)c2)n1. The predicted octanol–water partition coefficient (Wildman–Crippen LogP) is 3.33. The van der Waals surface area contributed by atoms with Gasteiger partial charge in [-0.15, -0.1) is 0 Å². The number of aryl methyl sites for hydroxylation is 2. The maximum atomic E-state index is 4.69. The van der Waals surface area contributed by atoms with Crippen LogP contribution in [0, 0.1) is 13.8 Å². The van der Waals surface area contributed by atoms with Crippen molar-refractivity contribution in [2.75, 3.05) is 24.3 Å². The number of anilines is 2.